The third kappa shape index (κ3) is 3.79. The van der Waals surface area contributed by atoms with Crippen LogP contribution in [-0.4, -0.2) is 38.9 Å². The second-order valence-electron chi connectivity index (χ2n) is 12.5. The molecule has 3 nitrogen and oxygen atoms in total. The first-order valence-corrected chi connectivity index (χ1v) is 15.4. The number of hydrogen-bond acceptors (Lipinski definition) is 5. The van der Waals surface area contributed by atoms with Crippen LogP contribution in [0.3, 0.4) is 0 Å². The second kappa shape index (κ2) is 8.66. The van der Waals surface area contributed by atoms with Crippen molar-refractivity contribution in [1.29, 1.82) is 0 Å². The minimum absolute atomic E-state index is 0.112. The summed E-state index contributed by atoms with van der Waals surface area (Å²) < 4.78 is 5.99. The monoisotopic (exact) mass is 480 g/mol. The maximum Gasteiger partial charge on any atom is 0.302 e. The molecule has 1 N–H and O–H groups in total. The van der Waals surface area contributed by atoms with Crippen LogP contribution in [0.4, 0.5) is 0 Å². The van der Waals surface area contributed by atoms with Gasteiger partial charge in [-0.25, -0.2) is 0 Å². The van der Waals surface area contributed by atoms with Crippen molar-refractivity contribution in [2.75, 3.05) is 11.5 Å². The van der Waals surface area contributed by atoms with E-state index in [2.05, 4.69) is 20.8 Å². The minimum Gasteiger partial charge on any atom is -0.463 e. The Kier molecular flexibility index (Phi) is 6.45. The maximum absolute atomic E-state index is 11.9. The molecule has 5 rings (SSSR count). The van der Waals surface area contributed by atoms with Crippen molar-refractivity contribution in [3.8, 4) is 0 Å². The van der Waals surface area contributed by atoms with E-state index in [0.717, 1.165) is 30.6 Å². The summed E-state index contributed by atoms with van der Waals surface area (Å²) in [6.45, 7) is 8.88. The van der Waals surface area contributed by atoms with Gasteiger partial charge in [-0.1, -0.05) is 13.8 Å². The molecule has 0 bridgehead atoms. The van der Waals surface area contributed by atoms with Gasteiger partial charge in [0.05, 0.1) is 10.2 Å². The highest BCUT2D eigenvalue weighted by atomic mass is 32.2. The van der Waals surface area contributed by atoms with Crippen LogP contribution in [0.1, 0.15) is 91.9 Å². The number of esters is 1. The molecule has 1 saturated heterocycles. The summed E-state index contributed by atoms with van der Waals surface area (Å²) in [5.74, 6) is 5.88. The molecule has 182 valence electrons. The Balaban J connectivity index is 1.33. The largest absolute Gasteiger partial charge is 0.463 e. The Hall–Kier alpha value is 0.130. The summed E-state index contributed by atoms with van der Waals surface area (Å²) in [6.07, 6.45) is 12.6. The molecule has 0 amide bonds. The zero-order valence-corrected chi connectivity index (χ0v) is 22.2. The fraction of sp³-hybridized carbons (Fsp3) is 0.963. The number of thioether (sulfide) groups is 2. The number of fused-ring (bicyclic) bond motifs is 5. The van der Waals surface area contributed by atoms with E-state index in [1.807, 2.05) is 23.5 Å². The molecule has 4 saturated carbocycles. The molecule has 1 aliphatic heterocycles. The van der Waals surface area contributed by atoms with Crippen LogP contribution in [0.15, 0.2) is 0 Å². The SMILES string of the molecule is CC(=O)O[C@H]1CC[C@@]2(C)[C@@H](CC[C@@H]3[C@@H]2CC[C@@]2(C)[C@H]3CC[C@@H]2[C@@](C)(O)C2SCCCS2)C1. The van der Waals surface area contributed by atoms with Gasteiger partial charge in [-0.3, -0.25) is 4.79 Å². The number of aliphatic hydroxyl groups is 1. The third-order valence-corrected chi connectivity index (χ3v) is 14.4. The Morgan fingerprint density at radius 2 is 1.66 bits per heavy atom. The standard InChI is InChI=1S/C27H44O3S2/c1-17(28)30-19-10-12-25(2)18(16-19)6-7-20-21-8-9-23(26(21,3)13-11-22(20)25)27(4,29)24-31-14-5-15-32-24/h18-24,29H,5-16H2,1-4H3/t18-,19-,20-,21-,22-,23-,25-,26-,27+/m0/s1. The quantitative estimate of drug-likeness (QED) is 0.466. The topological polar surface area (TPSA) is 46.5 Å². The molecule has 5 fully saturated rings. The smallest absolute Gasteiger partial charge is 0.302 e. The molecule has 0 aromatic carbocycles. The van der Waals surface area contributed by atoms with Crippen molar-refractivity contribution in [2.45, 2.75) is 108 Å². The van der Waals surface area contributed by atoms with Crippen molar-refractivity contribution >= 4 is 29.5 Å². The van der Waals surface area contributed by atoms with Crippen LogP contribution in [0.2, 0.25) is 0 Å². The van der Waals surface area contributed by atoms with Gasteiger partial charge >= 0.3 is 5.97 Å². The first kappa shape index (κ1) is 23.9. The number of carbonyl (C=O) groups is 1. The van der Waals surface area contributed by atoms with Crippen molar-refractivity contribution in [1.82, 2.24) is 0 Å². The normalized spacial score (nSPS) is 48.8. The summed E-state index contributed by atoms with van der Waals surface area (Å²) in [6, 6.07) is 0. The Bertz CT molecular complexity index is 720. The molecule has 32 heavy (non-hydrogen) atoms. The first-order chi connectivity index (χ1) is 15.2. The summed E-state index contributed by atoms with van der Waals surface area (Å²) in [5.41, 5.74) is 0.146. The highest BCUT2D eigenvalue weighted by molar-refractivity contribution is 8.17. The zero-order chi connectivity index (χ0) is 22.7. The fourth-order valence-electron chi connectivity index (χ4n) is 9.51. The lowest BCUT2D eigenvalue weighted by atomic mass is 9.44. The molecule has 1 heterocycles. The fourth-order valence-corrected chi connectivity index (χ4v) is 12.7. The van der Waals surface area contributed by atoms with Crippen LogP contribution in [0, 0.1) is 40.4 Å². The van der Waals surface area contributed by atoms with E-state index in [-0.39, 0.29) is 12.1 Å². The molecule has 0 aromatic heterocycles. The van der Waals surface area contributed by atoms with E-state index in [0.29, 0.717) is 27.2 Å². The predicted octanol–water partition coefficient (Wildman–Crippen LogP) is 6.52. The molecule has 0 aromatic rings. The van der Waals surface area contributed by atoms with E-state index in [1.165, 1.54) is 62.9 Å². The predicted molar refractivity (Wildman–Crippen MR) is 135 cm³/mol. The van der Waals surface area contributed by atoms with E-state index in [1.54, 1.807) is 6.92 Å². The van der Waals surface area contributed by atoms with E-state index >= 15 is 0 Å². The van der Waals surface area contributed by atoms with E-state index < -0.39 is 5.60 Å². The first-order valence-electron chi connectivity index (χ1n) is 13.3. The van der Waals surface area contributed by atoms with Gasteiger partial charge in [0, 0.05) is 6.92 Å². The van der Waals surface area contributed by atoms with Gasteiger partial charge < -0.3 is 9.84 Å². The van der Waals surface area contributed by atoms with Gasteiger partial charge in [-0.05, 0) is 123 Å². The maximum atomic E-state index is 11.9. The molecule has 0 spiro atoms. The molecule has 5 aliphatic rings. The lowest BCUT2D eigenvalue weighted by Crippen LogP contribution is -2.56. The highest BCUT2D eigenvalue weighted by Gasteiger charge is 2.63. The average Bonchev–Trinajstić information content (AvgIpc) is 3.12. The highest BCUT2D eigenvalue weighted by Crippen LogP contribution is 2.69. The summed E-state index contributed by atoms with van der Waals surface area (Å²) >= 11 is 4.03. The van der Waals surface area contributed by atoms with Gasteiger partial charge in [-0.15, -0.1) is 23.5 Å². The number of hydrogen-bond donors (Lipinski definition) is 1. The van der Waals surface area contributed by atoms with Gasteiger partial charge in [0.15, 0.2) is 0 Å². The van der Waals surface area contributed by atoms with Crippen molar-refractivity contribution in [3.05, 3.63) is 0 Å². The number of rotatable bonds is 3. The van der Waals surface area contributed by atoms with Gasteiger partial charge in [0.2, 0.25) is 0 Å². The molecular formula is C27H44O3S2. The van der Waals surface area contributed by atoms with Crippen LogP contribution in [-0.2, 0) is 9.53 Å². The van der Waals surface area contributed by atoms with Crippen LogP contribution < -0.4 is 0 Å². The Morgan fingerprint density at radius 1 is 0.969 bits per heavy atom. The van der Waals surface area contributed by atoms with Gasteiger partial charge in [0.25, 0.3) is 0 Å². The summed E-state index contributed by atoms with van der Waals surface area (Å²) in [7, 11) is 0. The minimum atomic E-state index is -0.560. The van der Waals surface area contributed by atoms with Crippen molar-refractivity contribution in [3.63, 3.8) is 0 Å². The second-order valence-corrected chi connectivity index (χ2v) is 15.2. The van der Waals surface area contributed by atoms with Crippen molar-refractivity contribution in [2.24, 2.45) is 40.4 Å². The van der Waals surface area contributed by atoms with Crippen LogP contribution in [0.25, 0.3) is 0 Å². The van der Waals surface area contributed by atoms with E-state index in [4.69, 9.17) is 4.74 Å². The lowest BCUT2D eigenvalue weighted by Gasteiger charge is -2.61. The van der Waals surface area contributed by atoms with Crippen LogP contribution >= 0.6 is 23.5 Å². The summed E-state index contributed by atoms with van der Waals surface area (Å²) in [5, 5.41) is 11.9. The average molecular weight is 481 g/mol. The Morgan fingerprint density at radius 3 is 2.38 bits per heavy atom. The lowest BCUT2D eigenvalue weighted by molar-refractivity contribution is -0.163. The molecule has 9 atom stereocenters. The molecule has 5 heteroatoms. The van der Waals surface area contributed by atoms with Crippen LogP contribution in [0.5, 0.6) is 0 Å². The number of ether oxygens (including phenoxy) is 1. The third-order valence-electron chi connectivity index (χ3n) is 11.0. The van der Waals surface area contributed by atoms with Gasteiger partial charge in [0.1, 0.15) is 6.10 Å². The Labute approximate surface area is 204 Å². The zero-order valence-electron chi connectivity index (χ0n) is 20.6. The van der Waals surface area contributed by atoms with Crippen molar-refractivity contribution < 1.29 is 14.6 Å². The number of carbonyl (C=O) groups excluding carboxylic acids is 1. The summed E-state index contributed by atoms with van der Waals surface area (Å²) in [4.78, 5) is 11.5. The molecule has 0 radical (unpaired) electrons. The van der Waals surface area contributed by atoms with E-state index in [9.17, 15) is 9.90 Å². The molecule has 0 unspecified atom stereocenters. The van der Waals surface area contributed by atoms with Gasteiger partial charge in [-0.2, -0.15) is 0 Å². The molecular weight excluding hydrogens is 436 g/mol. The molecule has 4 aliphatic carbocycles.